The molecule has 18 heavy (non-hydrogen) atoms. The van der Waals surface area contributed by atoms with Gasteiger partial charge in [0.15, 0.2) is 0 Å². The molecule has 0 aliphatic rings. The summed E-state index contributed by atoms with van der Waals surface area (Å²) in [4.78, 5) is 3.97. The molecule has 0 amide bonds. The number of aromatic nitrogens is 1. The molecule has 0 atom stereocenters. The minimum absolute atomic E-state index is 0.386. The summed E-state index contributed by atoms with van der Waals surface area (Å²) in [6.07, 6.45) is 1.61. The van der Waals surface area contributed by atoms with Crippen LogP contribution in [0.25, 0.3) is 0 Å². The molecule has 5 heteroatoms. The van der Waals surface area contributed by atoms with E-state index in [1.807, 2.05) is 0 Å². The molecule has 1 heterocycles. The van der Waals surface area contributed by atoms with Crippen molar-refractivity contribution < 1.29 is 4.74 Å². The van der Waals surface area contributed by atoms with E-state index in [9.17, 15) is 0 Å². The molecule has 5 nitrogen and oxygen atoms in total. The molecule has 0 unspecified atom stereocenters. The number of nitrogens with zero attached hydrogens (tertiary/aromatic N) is 2. The number of pyridine rings is 1. The number of nitriles is 1. The zero-order chi connectivity index (χ0) is 13.0. The van der Waals surface area contributed by atoms with E-state index < -0.39 is 0 Å². The van der Waals surface area contributed by atoms with Gasteiger partial charge in [-0.15, -0.1) is 0 Å². The number of nitrogens with one attached hydrogen (secondary N) is 1. The third-order valence-electron chi connectivity index (χ3n) is 2.46. The Morgan fingerprint density at radius 2 is 2.17 bits per heavy atom. The van der Waals surface area contributed by atoms with Crippen LogP contribution in [0.5, 0.6) is 5.75 Å². The maximum atomic E-state index is 9.09. The van der Waals surface area contributed by atoms with Crippen LogP contribution < -0.4 is 15.8 Å². The van der Waals surface area contributed by atoms with Crippen LogP contribution in [0.4, 0.5) is 17.2 Å². The van der Waals surface area contributed by atoms with Gasteiger partial charge in [0.1, 0.15) is 17.6 Å². The molecule has 0 saturated heterocycles. The monoisotopic (exact) mass is 240 g/mol. The standard InChI is InChI=1S/C13H12N4O/c1-18-10-4-5-11(9(7-10)8-14)17-12-3-2-6-16-13(12)15/h2-7,17H,1H3,(H2,15,16). The maximum Gasteiger partial charge on any atom is 0.147 e. The number of anilines is 3. The van der Waals surface area contributed by atoms with Gasteiger partial charge in [-0.05, 0) is 30.3 Å². The Hall–Kier alpha value is -2.74. The summed E-state index contributed by atoms with van der Waals surface area (Å²) < 4.78 is 5.07. The number of nitrogens with two attached hydrogens (primary N) is 1. The third-order valence-corrected chi connectivity index (χ3v) is 2.46. The van der Waals surface area contributed by atoms with Crippen molar-refractivity contribution in [2.45, 2.75) is 0 Å². The van der Waals surface area contributed by atoms with Crippen molar-refractivity contribution >= 4 is 17.2 Å². The average molecular weight is 240 g/mol. The van der Waals surface area contributed by atoms with Gasteiger partial charge in [-0.1, -0.05) is 0 Å². The fourth-order valence-corrected chi connectivity index (χ4v) is 1.52. The second-order valence-electron chi connectivity index (χ2n) is 3.58. The van der Waals surface area contributed by atoms with E-state index >= 15 is 0 Å². The van der Waals surface area contributed by atoms with E-state index in [0.717, 1.165) is 0 Å². The molecule has 3 N–H and O–H groups in total. The van der Waals surface area contributed by atoms with Crippen LogP contribution in [-0.2, 0) is 0 Å². The van der Waals surface area contributed by atoms with Crippen molar-refractivity contribution in [1.29, 1.82) is 5.26 Å². The minimum Gasteiger partial charge on any atom is -0.497 e. The molecule has 1 aromatic heterocycles. The highest BCUT2D eigenvalue weighted by Gasteiger charge is 2.06. The first-order valence-corrected chi connectivity index (χ1v) is 5.30. The lowest BCUT2D eigenvalue weighted by Gasteiger charge is -2.10. The Labute approximate surface area is 105 Å². The molecular formula is C13H12N4O. The molecule has 0 aliphatic heterocycles. The zero-order valence-corrected chi connectivity index (χ0v) is 9.84. The summed E-state index contributed by atoms with van der Waals surface area (Å²) in [6, 6.07) is 10.9. The molecule has 0 aliphatic carbocycles. The first-order valence-electron chi connectivity index (χ1n) is 5.30. The van der Waals surface area contributed by atoms with Gasteiger partial charge in [0, 0.05) is 6.20 Å². The quantitative estimate of drug-likeness (QED) is 0.859. The van der Waals surface area contributed by atoms with E-state index in [2.05, 4.69) is 16.4 Å². The molecule has 0 bridgehead atoms. The predicted octanol–water partition coefficient (Wildman–Crippen LogP) is 2.29. The first kappa shape index (κ1) is 11.7. The average Bonchev–Trinajstić information content (AvgIpc) is 2.41. The summed E-state index contributed by atoms with van der Waals surface area (Å²) >= 11 is 0. The summed E-state index contributed by atoms with van der Waals surface area (Å²) in [5.74, 6) is 1.02. The highest BCUT2D eigenvalue weighted by Crippen LogP contribution is 2.26. The first-order chi connectivity index (χ1) is 8.74. The van der Waals surface area contributed by atoms with Gasteiger partial charge >= 0.3 is 0 Å². The van der Waals surface area contributed by atoms with Crippen molar-refractivity contribution in [3.8, 4) is 11.8 Å². The molecule has 0 saturated carbocycles. The van der Waals surface area contributed by atoms with Crippen LogP contribution in [0.3, 0.4) is 0 Å². The number of rotatable bonds is 3. The molecule has 2 aromatic rings. The Kier molecular flexibility index (Phi) is 3.30. The Morgan fingerprint density at radius 3 is 2.83 bits per heavy atom. The van der Waals surface area contributed by atoms with E-state index in [1.54, 1.807) is 43.6 Å². The van der Waals surface area contributed by atoms with Gasteiger partial charge in [0.2, 0.25) is 0 Å². The molecule has 0 spiro atoms. The van der Waals surface area contributed by atoms with Gasteiger partial charge in [0.25, 0.3) is 0 Å². The van der Waals surface area contributed by atoms with Gasteiger partial charge in [-0.2, -0.15) is 5.26 Å². The maximum absolute atomic E-state index is 9.09. The fourth-order valence-electron chi connectivity index (χ4n) is 1.52. The second kappa shape index (κ2) is 5.06. The lowest BCUT2D eigenvalue weighted by molar-refractivity contribution is 0.414. The molecule has 1 aromatic carbocycles. The Morgan fingerprint density at radius 1 is 1.33 bits per heavy atom. The highest BCUT2D eigenvalue weighted by molar-refractivity contribution is 5.73. The van der Waals surface area contributed by atoms with Gasteiger partial charge < -0.3 is 15.8 Å². The fraction of sp³-hybridized carbons (Fsp3) is 0.0769. The number of ether oxygens (including phenoxy) is 1. The minimum atomic E-state index is 0.386. The van der Waals surface area contributed by atoms with Crippen molar-refractivity contribution in [3.63, 3.8) is 0 Å². The molecule has 0 fully saturated rings. The molecule has 0 radical (unpaired) electrons. The number of methoxy groups -OCH3 is 1. The van der Waals surface area contributed by atoms with Crippen LogP contribution in [-0.4, -0.2) is 12.1 Å². The van der Waals surface area contributed by atoms with Gasteiger partial charge in [-0.25, -0.2) is 4.98 Å². The van der Waals surface area contributed by atoms with Crippen molar-refractivity contribution in [2.75, 3.05) is 18.2 Å². The van der Waals surface area contributed by atoms with E-state index in [-0.39, 0.29) is 0 Å². The lowest BCUT2D eigenvalue weighted by atomic mass is 10.1. The number of hydrogen-bond donors (Lipinski definition) is 2. The van der Waals surface area contributed by atoms with E-state index in [0.29, 0.717) is 28.5 Å². The van der Waals surface area contributed by atoms with Crippen molar-refractivity contribution in [3.05, 3.63) is 42.1 Å². The van der Waals surface area contributed by atoms with Crippen LogP contribution in [0.1, 0.15) is 5.56 Å². The predicted molar refractivity (Wildman–Crippen MR) is 69.6 cm³/mol. The zero-order valence-electron chi connectivity index (χ0n) is 9.84. The summed E-state index contributed by atoms with van der Waals surface area (Å²) in [5.41, 5.74) is 7.55. The van der Waals surface area contributed by atoms with Crippen molar-refractivity contribution in [2.24, 2.45) is 0 Å². The van der Waals surface area contributed by atoms with E-state index in [1.165, 1.54) is 0 Å². The normalized spacial score (nSPS) is 9.56. The molecular weight excluding hydrogens is 228 g/mol. The van der Waals surface area contributed by atoms with E-state index in [4.69, 9.17) is 15.7 Å². The lowest BCUT2D eigenvalue weighted by Crippen LogP contribution is -1.99. The highest BCUT2D eigenvalue weighted by atomic mass is 16.5. The number of hydrogen-bond acceptors (Lipinski definition) is 5. The third kappa shape index (κ3) is 2.33. The van der Waals surface area contributed by atoms with Crippen molar-refractivity contribution in [1.82, 2.24) is 4.98 Å². The van der Waals surface area contributed by atoms with Gasteiger partial charge in [-0.3, -0.25) is 0 Å². The summed E-state index contributed by atoms with van der Waals surface area (Å²) in [6.45, 7) is 0. The van der Waals surface area contributed by atoms with Gasteiger partial charge in [0.05, 0.1) is 24.0 Å². The molecule has 2 rings (SSSR count). The number of nitrogen functional groups attached to an aromatic ring is 1. The SMILES string of the molecule is COc1ccc(Nc2cccnc2N)c(C#N)c1. The smallest absolute Gasteiger partial charge is 0.147 e. The summed E-state index contributed by atoms with van der Waals surface area (Å²) in [5, 5.41) is 12.2. The Bertz CT molecular complexity index is 604. The molecule has 90 valence electrons. The number of benzene rings is 1. The van der Waals surface area contributed by atoms with Crippen LogP contribution >= 0.6 is 0 Å². The second-order valence-corrected chi connectivity index (χ2v) is 3.58. The topological polar surface area (TPSA) is 84.0 Å². The van der Waals surface area contributed by atoms with Crippen LogP contribution in [0.2, 0.25) is 0 Å². The van der Waals surface area contributed by atoms with Crippen LogP contribution in [0.15, 0.2) is 36.5 Å². The Balaban J connectivity index is 2.35. The summed E-state index contributed by atoms with van der Waals surface area (Å²) in [7, 11) is 1.56. The van der Waals surface area contributed by atoms with Crippen LogP contribution in [0, 0.1) is 11.3 Å². The largest absolute Gasteiger partial charge is 0.497 e.